The quantitative estimate of drug-likeness (QED) is 0.724. The van der Waals surface area contributed by atoms with Crippen LogP contribution in [0, 0.1) is 0 Å². The van der Waals surface area contributed by atoms with E-state index in [1.54, 1.807) is 17.8 Å². The van der Waals surface area contributed by atoms with Gasteiger partial charge in [0.25, 0.3) is 0 Å². The molecular weight excluding hydrogens is 154 g/mol. The molecular formula is C8H15N3O. The summed E-state index contributed by atoms with van der Waals surface area (Å²) < 4.78 is 1.74. The van der Waals surface area contributed by atoms with Crippen molar-refractivity contribution in [2.75, 3.05) is 0 Å². The molecule has 2 unspecified atom stereocenters. The van der Waals surface area contributed by atoms with E-state index >= 15 is 0 Å². The van der Waals surface area contributed by atoms with E-state index in [0.29, 0.717) is 5.92 Å². The number of rotatable bonds is 3. The summed E-state index contributed by atoms with van der Waals surface area (Å²) in [6.07, 6.45) is 2.23. The van der Waals surface area contributed by atoms with Crippen LogP contribution in [0.3, 0.4) is 0 Å². The van der Waals surface area contributed by atoms with Gasteiger partial charge in [-0.15, -0.1) is 5.10 Å². The first-order chi connectivity index (χ1) is 5.61. The van der Waals surface area contributed by atoms with Gasteiger partial charge < -0.3 is 5.11 Å². The zero-order valence-corrected chi connectivity index (χ0v) is 7.73. The Morgan fingerprint density at radius 2 is 2.25 bits per heavy atom. The molecule has 0 aliphatic carbocycles. The standard InChI is InChI=1S/C8H15N3O/c1-6(4-7(2)12)8-5-9-10-11(8)3/h5-7,12H,4H2,1-3H3. The zero-order chi connectivity index (χ0) is 9.14. The number of aryl methyl sites for hydroxylation is 1. The van der Waals surface area contributed by atoms with Crippen molar-refractivity contribution in [3.05, 3.63) is 11.9 Å². The van der Waals surface area contributed by atoms with Gasteiger partial charge in [0.1, 0.15) is 0 Å². The van der Waals surface area contributed by atoms with Crippen LogP contribution in [0.15, 0.2) is 6.20 Å². The molecule has 0 saturated heterocycles. The Kier molecular flexibility index (Phi) is 2.81. The van der Waals surface area contributed by atoms with E-state index in [1.807, 2.05) is 7.05 Å². The van der Waals surface area contributed by atoms with Crippen molar-refractivity contribution in [2.45, 2.75) is 32.3 Å². The Bertz CT molecular complexity index is 244. The van der Waals surface area contributed by atoms with E-state index < -0.39 is 0 Å². The minimum atomic E-state index is -0.269. The van der Waals surface area contributed by atoms with Crippen LogP contribution in [-0.4, -0.2) is 26.2 Å². The third-order valence-electron chi connectivity index (χ3n) is 1.95. The van der Waals surface area contributed by atoms with Crippen LogP contribution in [0.2, 0.25) is 0 Å². The molecule has 0 aliphatic rings. The number of hydrogen-bond donors (Lipinski definition) is 1. The van der Waals surface area contributed by atoms with E-state index in [1.165, 1.54) is 0 Å². The molecule has 1 aromatic rings. The molecule has 1 rings (SSSR count). The third-order valence-corrected chi connectivity index (χ3v) is 1.95. The van der Waals surface area contributed by atoms with Crippen molar-refractivity contribution < 1.29 is 5.11 Å². The Hall–Kier alpha value is -0.900. The van der Waals surface area contributed by atoms with Gasteiger partial charge in [0.15, 0.2) is 0 Å². The summed E-state index contributed by atoms with van der Waals surface area (Å²) in [5.74, 6) is 0.310. The lowest BCUT2D eigenvalue weighted by atomic mass is 10.0. The van der Waals surface area contributed by atoms with Gasteiger partial charge in [0.2, 0.25) is 0 Å². The molecule has 0 radical (unpaired) electrons. The van der Waals surface area contributed by atoms with Crippen LogP contribution in [0.1, 0.15) is 31.9 Å². The molecule has 12 heavy (non-hydrogen) atoms. The van der Waals surface area contributed by atoms with Gasteiger partial charge in [-0.1, -0.05) is 12.1 Å². The summed E-state index contributed by atoms with van der Waals surface area (Å²) >= 11 is 0. The number of aromatic nitrogens is 3. The van der Waals surface area contributed by atoms with Crippen molar-refractivity contribution in [3.63, 3.8) is 0 Å². The maximum absolute atomic E-state index is 9.16. The number of aliphatic hydroxyl groups is 1. The predicted octanol–water partition coefficient (Wildman–Crippen LogP) is 0.690. The van der Waals surface area contributed by atoms with Crippen LogP contribution in [0.4, 0.5) is 0 Å². The molecule has 2 atom stereocenters. The van der Waals surface area contributed by atoms with E-state index in [4.69, 9.17) is 5.11 Å². The lowest BCUT2D eigenvalue weighted by Gasteiger charge is -2.12. The first-order valence-electron chi connectivity index (χ1n) is 4.14. The molecule has 1 N–H and O–H groups in total. The van der Waals surface area contributed by atoms with Crippen molar-refractivity contribution in [1.82, 2.24) is 15.0 Å². The highest BCUT2D eigenvalue weighted by Gasteiger charge is 2.12. The van der Waals surface area contributed by atoms with Gasteiger partial charge in [0.05, 0.1) is 18.0 Å². The Morgan fingerprint density at radius 1 is 1.58 bits per heavy atom. The Labute approximate surface area is 72.2 Å². The average Bonchev–Trinajstić information content (AvgIpc) is 2.33. The molecule has 0 bridgehead atoms. The molecule has 0 amide bonds. The average molecular weight is 169 g/mol. The van der Waals surface area contributed by atoms with Gasteiger partial charge in [0, 0.05) is 13.0 Å². The van der Waals surface area contributed by atoms with Crippen molar-refractivity contribution in [2.24, 2.45) is 7.05 Å². The minimum absolute atomic E-state index is 0.269. The highest BCUT2D eigenvalue weighted by molar-refractivity contribution is 5.01. The number of aliphatic hydroxyl groups excluding tert-OH is 1. The maximum atomic E-state index is 9.16. The second-order valence-corrected chi connectivity index (χ2v) is 3.27. The second kappa shape index (κ2) is 3.67. The molecule has 4 nitrogen and oxygen atoms in total. The third kappa shape index (κ3) is 2.04. The van der Waals surface area contributed by atoms with Crippen LogP contribution in [-0.2, 0) is 7.05 Å². The SMILES string of the molecule is CC(O)CC(C)c1cnnn1C. The van der Waals surface area contributed by atoms with Gasteiger partial charge >= 0.3 is 0 Å². The van der Waals surface area contributed by atoms with E-state index in [9.17, 15) is 0 Å². The molecule has 0 spiro atoms. The highest BCUT2D eigenvalue weighted by Crippen LogP contribution is 2.18. The fourth-order valence-corrected chi connectivity index (χ4v) is 1.38. The highest BCUT2D eigenvalue weighted by atomic mass is 16.3. The summed E-state index contributed by atoms with van der Waals surface area (Å²) in [6.45, 7) is 3.85. The maximum Gasteiger partial charge on any atom is 0.0727 e. The molecule has 1 aromatic heterocycles. The van der Waals surface area contributed by atoms with Crippen molar-refractivity contribution in [1.29, 1.82) is 0 Å². The molecule has 68 valence electrons. The first-order valence-corrected chi connectivity index (χ1v) is 4.14. The summed E-state index contributed by atoms with van der Waals surface area (Å²) in [5, 5.41) is 16.8. The Morgan fingerprint density at radius 3 is 2.67 bits per heavy atom. The smallest absolute Gasteiger partial charge is 0.0727 e. The lowest BCUT2D eigenvalue weighted by molar-refractivity contribution is 0.175. The fraction of sp³-hybridized carbons (Fsp3) is 0.750. The molecule has 0 fully saturated rings. The van der Waals surface area contributed by atoms with E-state index in [-0.39, 0.29) is 6.10 Å². The second-order valence-electron chi connectivity index (χ2n) is 3.27. The molecule has 0 saturated carbocycles. The van der Waals surface area contributed by atoms with E-state index in [2.05, 4.69) is 17.2 Å². The van der Waals surface area contributed by atoms with E-state index in [0.717, 1.165) is 12.1 Å². The monoisotopic (exact) mass is 169 g/mol. The summed E-state index contributed by atoms with van der Waals surface area (Å²) in [4.78, 5) is 0. The van der Waals surface area contributed by atoms with Gasteiger partial charge in [-0.2, -0.15) is 0 Å². The van der Waals surface area contributed by atoms with Gasteiger partial charge in [-0.05, 0) is 13.3 Å². The molecule has 4 heteroatoms. The lowest BCUT2D eigenvalue weighted by Crippen LogP contribution is -2.09. The molecule has 1 heterocycles. The summed E-state index contributed by atoms with van der Waals surface area (Å²) in [5.41, 5.74) is 1.07. The molecule has 0 aromatic carbocycles. The summed E-state index contributed by atoms with van der Waals surface area (Å²) in [6, 6.07) is 0. The minimum Gasteiger partial charge on any atom is -0.393 e. The first kappa shape index (κ1) is 9.19. The summed E-state index contributed by atoms with van der Waals surface area (Å²) in [7, 11) is 1.86. The Balaban J connectivity index is 2.65. The van der Waals surface area contributed by atoms with Crippen LogP contribution in [0.25, 0.3) is 0 Å². The normalized spacial score (nSPS) is 16.0. The fourth-order valence-electron chi connectivity index (χ4n) is 1.38. The van der Waals surface area contributed by atoms with Crippen molar-refractivity contribution in [3.8, 4) is 0 Å². The predicted molar refractivity (Wildman–Crippen MR) is 45.7 cm³/mol. The number of hydrogen-bond acceptors (Lipinski definition) is 3. The molecule has 0 aliphatic heterocycles. The van der Waals surface area contributed by atoms with Gasteiger partial charge in [-0.3, -0.25) is 4.68 Å². The number of nitrogens with zero attached hydrogens (tertiary/aromatic N) is 3. The zero-order valence-electron chi connectivity index (χ0n) is 7.73. The van der Waals surface area contributed by atoms with Gasteiger partial charge in [-0.25, -0.2) is 0 Å². The largest absolute Gasteiger partial charge is 0.393 e. The van der Waals surface area contributed by atoms with Crippen LogP contribution in [0.5, 0.6) is 0 Å². The van der Waals surface area contributed by atoms with Crippen LogP contribution >= 0.6 is 0 Å². The topological polar surface area (TPSA) is 50.9 Å². The van der Waals surface area contributed by atoms with Crippen LogP contribution < -0.4 is 0 Å². The van der Waals surface area contributed by atoms with Crippen molar-refractivity contribution >= 4 is 0 Å².